The first-order chi connectivity index (χ1) is 9.80. The third kappa shape index (κ3) is 2.74. The van der Waals surface area contributed by atoms with Crippen molar-refractivity contribution in [3.63, 3.8) is 0 Å². The standard InChI is InChI=1S/C14H22N4O2S/c1-7-5-14(6-7,12(15)18-20)13(19)17-9(3)11-8(2)16-10(4)21-11/h7,9,20H,5-6H2,1-4H3,(H2,15,18)(H,17,19). The Balaban J connectivity index is 2.15. The molecule has 0 aliphatic heterocycles. The van der Waals surface area contributed by atoms with Gasteiger partial charge in [-0.15, -0.1) is 11.3 Å². The summed E-state index contributed by atoms with van der Waals surface area (Å²) in [6, 6.07) is -0.136. The van der Waals surface area contributed by atoms with Gasteiger partial charge in [0.1, 0.15) is 5.41 Å². The van der Waals surface area contributed by atoms with E-state index in [4.69, 9.17) is 10.9 Å². The molecule has 1 atom stereocenters. The van der Waals surface area contributed by atoms with Gasteiger partial charge in [-0.05, 0) is 39.5 Å². The Kier molecular flexibility index (Phi) is 4.22. The highest BCUT2D eigenvalue weighted by Gasteiger charge is 2.52. The number of nitrogens with one attached hydrogen (secondary N) is 1. The fraction of sp³-hybridized carbons (Fsp3) is 0.643. The van der Waals surface area contributed by atoms with Crippen molar-refractivity contribution in [2.75, 3.05) is 0 Å². The van der Waals surface area contributed by atoms with Crippen LogP contribution >= 0.6 is 11.3 Å². The molecule has 1 fully saturated rings. The average molecular weight is 310 g/mol. The highest BCUT2D eigenvalue weighted by Crippen LogP contribution is 2.46. The van der Waals surface area contributed by atoms with E-state index in [0.717, 1.165) is 15.6 Å². The molecule has 1 amide bonds. The maximum atomic E-state index is 12.6. The molecule has 0 saturated heterocycles. The van der Waals surface area contributed by atoms with Crippen LogP contribution in [-0.4, -0.2) is 21.9 Å². The number of rotatable bonds is 4. The predicted octanol–water partition coefficient (Wildman–Crippen LogP) is 2.10. The largest absolute Gasteiger partial charge is 0.409 e. The molecular weight excluding hydrogens is 288 g/mol. The molecule has 4 N–H and O–H groups in total. The van der Waals surface area contributed by atoms with E-state index < -0.39 is 5.41 Å². The van der Waals surface area contributed by atoms with Crippen LogP contribution in [0.25, 0.3) is 0 Å². The lowest BCUT2D eigenvalue weighted by Crippen LogP contribution is -2.57. The highest BCUT2D eigenvalue weighted by atomic mass is 32.1. The van der Waals surface area contributed by atoms with Crippen LogP contribution in [0.1, 0.15) is 48.3 Å². The van der Waals surface area contributed by atoms with Crippen LogP contribution in [0, 0.1) is 25.2 Å². The minimum Gasteiger partial charge on any atom is -0.409 e. The molecule has 1 unspecified atom stereocenters. The predicted molar refractivity (Wildman–Crippen MR) is 82.4 cm³/mol. The van der Waals surface area contributed by atoms with Gasteiger partial charge >= 0.3 is 0 Å². The van der Waals surface area contributed by atoms with Gasteiger partial charge in [-0.1, -0.05) is 12.1 Å². The van der Waals surface area contributed by atoms with Gasteiger partial charge in [-0.25, -0.2) is 4.98 Å². The van der Waals surface area contributed by atoms with Gasteiger partial charge in [0, 0.05) is 4.88 Å². The second-order valence-corrected chi connectivity index (χ2v) is 7.19. The zero-order chi connectivity index (χ0) is 15.8. The van der Waals surface area contributed by atoms with E-state index >= 15 is 0 Å². The van der Waals surface area contributed by atoms with Crippen molar-refractivity contribution in [1.82, 2.24) is 10.3 Å². The quantitative estimate of drug-likeness (QED) is 0.343. The Morgan fingerprint density at radius 3 is 2.62 bits per heavy atom. The van der Waals surface area contributed by atoms with Crippen molar-refractivity contribution in [2.45, 2.75) is 46.6 Å². The summed E-state index contributed by atoms with van der Waals surface area (Å²) in [5.74, 6) is 0.232. The highest BCUT2D eigenvalue weighted by molar-refractivity contribution is 7.11. The zero-order valence-electron chi connectivity index (χ0n) is 12.8. The molecule has 1 aromatic heterocycles. The lowest BCUT2D eigenvalue weighted by Gasteiger charge is -2.44. The van der Waals surface area contributed by atoms with E-state index in [2.05, 4.69) is 22.4 Å². The van der Waals surface area contributed by atoms with Crippen LogP contribution in [0.3, 0.4) is 0 Å². The van der Waals surface area contributed by atoms with Crippen LogP contribution in [0.4, 0.5) is 0 Å². The fourth-order valence-electron chi connectivity index (χ4n) is 3.09. The summed E-state index contributed by atoms with van der Waals surface area (Å²) in [6.07, 6.45) is 1.23. The number of carbonyl (C=O) groups is 1. The summed E-state index contributed by atoms with van der Waals surface area (Å²) in [7, 11) is 0. The fourth-order valence-corrected chi connectivity index (χ4v) is 4.02. The number of nitrogens with two attached hydrogens (primary N) is 1. The van der Waals surface area contributed by atoms with Gasteiger partial charge in [0.15, 0.2) is 5.84 Å². The van der Waals surface area contributed by atoms with Crippen molar-refractivity contribution in [2.24, 2.45) is 22.2 Å². The van der Waals surface area contributed by atoms with Crippen molar-refractivity contribution in [3.8, 4) is 0 Å². The Morgan fingerprint density at radius 2 is 2.19 bits per heavy atom. The number of carbonyl (C=O) groups excluding carboxylic acids is 1. The minimum atomic E-state index is -0.865. The molecular formula is C14H22N4O2S. The van der Waals surface area contributed by atoms with Crippen molar-refractivity contribution in [3.05, 3.63) is 15.6 Å². The summed E-state index contributed by atoms with van der Waals surface area (Å²) in [6.45, 7) is 7.86. The summed E-state index contributed by atoms with van der Waals surface area (Å²) < 4.78 is 0. The van der Waals surface area contributed by atoms with E-state index in [9.17, 15) is 4.79 Å². The number of oxime groups is 1. The van der Waals surface area contributed by atoms with Gasteiger partial charge < -0.3 is 16.3 Å². The summed E-state index contributed by atoms with van der Waals surface area (Å²) in [5.41, 5.74) is 5.82. The first kappa shape index (κ1) is 15.8. The molecule has 6 nitrogen and oxygen atoms in total. The van der Waals surface area contributed by atoms with E-state index in [0.29, 0.717) is 18.8 Å². The van der Waals surface area contributed by atoms with Crippen molar-refractivity contribution < 1.29 is 10.0 Å². The maximum Gasteiger partial charge on any atom is 0.234 e. The Hall–Kier alpha value is -1.63. The first-order valence-electron chi connectivity index (χ1n) is 7.03. The molecule has 116 valence electrons. The zero-order valence-corrected chi connectivity index (χ0v) is 13.6. The number of nitrogens with zero attached hydrogens (tertiary/aromatic N) is 2. The van der Waals surface area contributed by atoms with Crippen LogP contribution in [-0.2, 0) is 4.79 Å². The second-order valence-electron chi connectivity index (χ2n) is 5.96. The normalized spacial score (nSPS) is 27.0. The smallest absolute Gasteiger partial charge is 0.234 e. The molecule has 1 saturated carbocycles. The maximum absolute atomic E-state index is 12.6. The van der Waals surface area contributed by atoms with E-state index in [1.54, 1.807) is 11.3 Å². The van der Waals surface area contributed by atoms with Gasteiger partial charge in [0.2, 0.25) is 5.91 Å². The van der Waals surface area contributed by atoms with Crippen LogP contribution < -0.4 is 11.1 Å². The van der Waals surface area contributed by atoms with E-state index in [1.165, 1.54) is 0 Å². The average Bonchev–Trinajstić information content (AvgIpc) is 2.72. The molecule has 0 bridgehead atoms. The number of hydrogen-bond acceptors (Lipinski definition) is 5. The molecule has 0 aromatic carbocycles. The summed E-state index contributed by atoms with van der Waals surface area (Å²) in [4.78, 5) is 18.0. The van der Waals surface area contributed by atoms with Gasteiger partial charge in [-0.2, -0.15) is 0 Å². The Labute approximate surface area is 128 Å². The SMILES string of the molecule is Cc1nc(C)c(C(C)NC(=O)C2(C(N)=NO)CC(C)C2)s1. The number of hydrogen-bond donors (Lipinski definition) is 3. The first-order valence-corrected chi connectivity index (χ1v) is 7.84. The Bertz CT molecular complexity index is 576. The number of aryl methyl sites for hydroxylation is 2. The minimum absolute atomic E-state index is 0.00232. The van der Waals surface area contributed by atoms with Crippen LogP contribution in [0.15, 0.2) is 5.16 Å². The van der Waals surface area contributed by atoms with E-state index in [1.807, 2.05) is 20.8 Å². The molecule has 1 aliphatic rings. The Morgan fingerprint density at radius 1 is 1.57 bits per heavy atom. The van der Waals surface area contributed by atoms with Crippen molar-refractivity contribution >= 4 is 23.1 Å². The lowest BCUT2D eigenvalue weighted by atomic mass is 9.61. The number of amidine groups is 1. The van der Waals surface area contributed by atoms with E-state index in [-0.39, 0.29) is 17.8 Å². The molecule has 7 heteroatoms. The second kappa shape index (κ2) is 5.63. The molecule has 1 aliphatic carbocycles. The third-order valence-corrected chi connectivity index (χ3v) is 5.36. The molecule has 0 radical (unpaired) electrons. The van der Waals surface area contributed by atoms with Crippen LogP contribution in [0.5, 0.6) is 0 Å². The molecule has 2 rings (SSSR count). The lowest BCUT2D eigenvalue weighted by molar-refractivity contribution is -0.133. The molecule has 21 heavy (non-hydrogen) atoms. The van der Waals surface area contributed by atoms with Gasteiger partial charge in [0.05, 0.1) is 16.7 Å². The van der Waals surface area contributed by atoms with Gasteiger partial charge in [0.25, 0.3) is 0 Å². The number of thiazole rings is 1. The molecule has 1 heterocycles. The number of aromatic nitrogens is 1. The van der Waals surface area contributed by atoms with Crippen LogP contribution in [0.2, 0.25) is 0 Å². The third-order valence-electron chi connectivity index (χ3n) is 4.11. The monoisotopic (exact) mass is 310 g/mol. The van der Waals surface area contributed by atoms with Crippen molar-refractivity contribution in [1.29, 1.82) is 0 Å². The van der Waals surface area contributed by atoms with Gasteiger partial charge in [-0.3, -0.25) is 4.79 Å². The topological polar surface area (TPSA) is 101 Å². The molecule has 1 aromatic rings. The summed E-state index contributed by atoms with van der Waals surface area (Å²) in [5, 5.41) is 16.0. The number of amides is 1. The molecule has 0 spiro atoms. The summed E-state index contributed by atoms with van der Waals surface area (Å²) >= 11 is 1.58.